The summed E-state index contributed by atoms with van der Waals surface area (Å²) in [6.07, 6.45) is 2.58. The molecule has 2 fully saturated rings. The molecule has 0 bridgehead atoms. The van der Waals surface area contributed by atoms with Crippen molar-refractivity contribution in [2.24, 2.45) is 0 Å². The number of piperazine rings is 1. The van der Waals surface area contributed by atoms with Crippen molar-refractivity contribution < 1.29 is 41.5 Å². The smallest absolute Gasteiger partial charge is 0.409 e. The maximum Gasteiger partial charge on any atom is 0.409 e. The summed E-state index contributed by atoms with van der Waals surface area (Å²) in [4.78, 5) is 27.6. The first-order chi connectivity index (χ1) is 19.1. The number of hydrogen-bond donors (Lipinski definition) is 2. The Morgan fingerprint density at radius 3 is 2.30 bits per heavy atom. The first kappa shape index (κ1) is 29.9. The van der Waals surface area contributed by atoms with Gasteiger partial charge in [0.25, 0.3) is 5.91 Å². The van der Waals surface area contributed by atoms with Gasteiger partial charge in [0, 0.05) is 31.2 Å². The van der Waals surface area contributed by atoms with Gasteiger partial charge in [-0.3, -0.25) is 14.9 Å². The number of hydroxylamine groups is 1. The number of piperidine rings is 1. The minimum atomic E-state index is -4.66. The second-order valence-electron chi connectivity index (χ2n) is 9.34. The van der Waals surface area contributed by atoms with E-state index in [1.807, 2.05) is 0 Å². The lowest BCUT2D eigenvalue weighted by Crippen LogP contribution is -2.61. The molecule has 4 rings (SSSR count). The Kier molecular flexibility index (Phi) is 9.79. The third kappa shape index (κ3) is 6.99. The van der Waals surface area contributed by atoms with Gasteiger partial charge < -0.3 is 14.4 Å². The van der Waals surface area contributed by atoms with E-state index in [4.69, 9.17) is 21.1 Å². The van der Waals surface area contributed by atoms with Crippen molar-refractivity contribution in [2.75, 3.05) is 45.9 Å². The summed E-state index contributed by atoms with van der Waals surface area (Å²) < 4.78 is 67.7. The molecule has 11 nitrogen and oxygen atoms in total. The molecule has 2 N–H and O–H groups in total. The quantitative estimate of drug-likeness (QED) is 0.348. The van der Waals surface area contributed by atoms with E-state index in [9.17, 15) is 32.0 Å². The highest BCUT2D eigenvalue weighted by Crippen LogP contribution is 2.32. The van der Waals surface area contributed by atoms with E-state index in [1.165, 1.54) is 36.2 Å². The lowest BCUT2D eigenvalue weighted by atomic mass is 10.1. The minimum Gasteiger partial charge on any atom is -0.451 e. The lowest BCUT2D eigenvalue weighted by Gasteiger charge is -2.38. The molecule has 2 aliphatic heterocycles. The summed E-state index contributed by atoms with van der Waals surface area (Å²) in [5.74, 6) is -4.49. The van der Waals surface area contributed by atoms with Crippen molar-refractivity contribution >= 4 is 33.6 Å². The molecule has 2 aromatic rings. The van der Waals surface area contributed by atoms with Gasteiger partial charge in [-0.1, -0.05) is 18.0 Å². The molecular formula is C25H29ClF2N4O7S. The second-order valence-corrected chi connectivity index (χ2v) is 11.7. The second kappa shape index (κ2) is 13.1. The lowest BCUT2D eigenvalue weighted by molar-refractivity contribution is -0.134. The zero-order valence-corrected chi connectivity index (χ0v) is 23.0. The fourth-order valence-corrected chi connectivity index (χ4v) is 6.30. The minimum absolute atomic E-state index is 0.0661. The number of halogens is 3. The fraction of sp³-hybridized carbons (Fsp3) is 0.440. The van der Waals surface area contributed by atoms with Crippen molar-refractivity contribution in [3.05, 3.63) is 53.1 Å². The summed E-state index contributed by atoms with van der Waals surface area (Å²) in [7, 11) is -4.66. The zero-order valence-electron chi connectivity index (χ0n) is 21.4. The molecule has 2 aromatic carbocycles. The van der Waals surface area contributed by atoms with E-state index in [1.54, 1.807) is 0 Å². The number of nitrogens with zero attached hydrogens (tertiary/aromatic N) is 3. The van der Waals surface area contributed by atoms with Gasteiger partial charge in [-0.2, -0.15) is 4.31 Å². The predicted molar refractivity (Wildman–Crippen MR) is 139 cm³/mol. The van der Waals surface area contributed by atoms with Crippen LogP contribution in [0.25, 0.3) is 0 Å². The van der Waals surface area contributed by atoms with Gasteiger partial charge in [0.2, 0.25) is 10.0 Å². The molecule has 1 atom stereocenters. The molecule has 218 valence electrons. The summed E-state index contributed by atoms with van der Waals surface area (Å²) in [6, 6.07) is 5.20. The molecule has 2 aliphatic rings. The Bertz CT molecular complexity index is 1300. The van der Waals surface area contributed by atoms with Gasteiger partial charge in [0.1, 0.15) is 18.4 Å². The number of sulfonamides is 1. The van der Waals surface area contributed by atoms with Crippen LogP contribution in [0, 0.1) is 11.6 Å². The van der Waals surface area contributed by atoms with Crippen LogP contribution in [0.1, 0.15) is 19.3 Å². The highest BCUT2D eigenvalue weighted by atomic mass is 35.5. The summed E-state index contributed by atoms with van der Waals surface area (Å²) in [5, 5.41) is 9.60. The number of likely N-dealkylation sites (tertiary alicyclic amines) is 1. The molecule has 15 heteroatoms. The summed E-state index contributed by atoms with van der Waals surface area (Å²) >= 11 is 5.79. The van der Waals surface area contributed by atoms with Crippen LogP contribution in [-0.4, -0.2) is 91.6 Å². The van der Waals surface area contributed by atoms with Crippen LogP contribution in [0.2, 0.25) is 5.02 Å². The largest absolute Gasteiger partial charge is 0.451 e. The van der Waals surface area contributed by atoms with E-state index in [2.05, 4.69) is 4.90 Å². The van der Waals surface area contributed by atoms with E-state index in [0.717, 1.165) is 30.8 Å². The molecule has 0 unspecified atom stereocenters. The Morgan fingerprint density at radius 1 is 1.02 bits per heavy atom. The van der Waals surface area contributed by atoms with Crippen LogP contribution < -0.4 is 10.2 Å². The van der Waals surface area contributed by atoms with Crippen molar-refractivity contribution in [2.45, 2.75) is 30.2 Å². The maximum atomic E-state index is 14.8. The Hall–Kier alpha value is -3.04. The van der Waals surface area contributed by atoms with E-state index in [-0.39, 0.29) is 18.9 Å². The zero-order chi connectivity index (χ0) is 28.9. The molecule has 0 radical (unpaired) electrons. The SMILES string of the molecule is O=C(NO)[C@@H]1CN(C(=O)OCCN2CCCCC2)CCN1S(=O)(=O)c1cc(F)c(Oc2ccc(Cl)cc2)c(F)c1. The molecule has 0 spiro atoms. The van der Waals surface area contributed by atoms with Crippen LogP contribution >= 0.6 is 11.6 Å². The summed E-state index contributed by atoms with van der Waals surface area (Å²) in [5.41, 5.74) is 1.39. The maximum absolute atomic E-state index is 14.8. The molecule has 2 saturated heterocycles. The standard InChI is InChI=1S/C25H29ClF2N4O7S/c26-17-4-6-18(7-5-17)39-23-20(27)14-19(15-21(23)28)40(36,37)32-11-10-31(16-22(32)24(33)29-35)25(34)38-13-12-30-8-2-1-3-9-30/h4-7,14-15,22,35H,1-3,8-13,16H2,(H,29,33)/t22-/m0/s1. The van der Waals surface area contributed by atoms with Gasteiger partial charge in [0.15, 0.2) is 17.4 Å². The summed E-state index contributed by atoms with van der Waals surface area (Å²) in [6.45, 7) is 1.52. The number of carbonyl (C=O) groups is 2. The average Bonchev–Trinajstić information content (AvgIpc) is 2.95. The highest BCUT2D eigenvalue weighted by Gasteiger charge is 2.42. The third-order valence-electron chi connectivity index (χ3n) is 6.70. The highest BCUT2D eigenvalue weighted by molar-refractivity contribution is 7.89. The number of nitrogens with one attached hydrogen (secondary N) is 1. The first-order valence-electron chi connectivity index (χ1n) is 12.6. The fourth-order valence-electron chi connectivity index (χ4n) is 4.58. The van der Waals surface area contributed by atoms with Crippen LogP contribution in [0.15, 0.2) is 41.3 Å². The monoisotopic (exact) mass is 602 g/mol. The molecule has 0 saturated carbocycles. The number of carbonyl (C=O) groups excluding carboxylic acids is 2. The third-order valence-corrected chi connectivity index (χ3v) is 8.83. The molecule has 2 amide bonds. The number of ether oxygens (including phenoxy) is 2. The number of benzene rings is 2. The Balaban J connectivity index is 1.47. The van der Waals surface area contributed by atoms with E-state index in [0.29, 0.717) is 28.0 Å². The molecule has 0 aromatic heterocycles. The predicted octanol–water partition coefficient (Wildman–Crippen LogP) is 3.21. The van der Waals surface area contributed by atoms with Crippen molar-refractivity contribution in [3.63, 3.8) is 0 Å². The molecule has 2 heterocycles. The average molecular weight is 603 g/mol. The number of rotatable bonds is 8. The van der Waals surface area contributed by atoms with Gasteiger partial charge >= 0.3 is 6.09 Å². The van der Waals surface area contributed by atoms with Crippen LogP contribution in [0.5, 0.6) is 11.5 Å². The molecular weight excluding hydrogens is 574 g/mol. The van der Waals surface area contributed by atoms with E-state index >= 15 is 0 Å². The van der Waals surface area contributed by atoms with Gasteiger partial charge in [0.05, 0.1) is 4.90 Å². The molecule has 40 heavy (non-hydrogen) atoms. The normalized spacial score (nSPS) is 18.8. The van der Waals surface area contributed by atoms with Crippen LogP contribution in [0.4, 0.5) is 13.6 Å². The topological polar surface area (TPSA) is 129 Å². The molecule has 0 aliphatic carbocycles. The van der Waals surface area contributed by atoms with Crippen molar-refractivity contribution in [1.82, 2.24) is 19.6 Å². The van der Waals surface area contributed by atoms with Crippen LogP contribution in [-0.2, 0) is 19.6 Å². The van der Waals surface area contributed by atoms with Crippen molar-refractivity contribution in [3.8, 4) is 11.5 Å². The van der Waals surface area contributed by atoms with Gasteiger partial charge in [-0.05, 0) is 62.3 Å². The number of amides is 2. The van der Waals surface area contributed by atoms with Crippen LogP contribution in [0.3, 0.4) is 0 Å². The van der Waals surface area contributed by atoms with E-state index < -0.39 is 63.4 Å². The first-order valence-corrected chi connectivity index (χ1v) is 14.4. The Labute approximate surface area is 235 Å². The number of hydrogen-bond acceptors (Lipinski definition) is 8. The van der Waals surface area contributed by atoms with Gasteiger partial charge in [-0.25, -0.2) is 27.5 Å². The van der Waals surface area contributed by atoms with Gasteiger partial charge in [-0.15, -0.1) is 0 Å². The Morgan fingerprint density at radius 2 is 1.68 bits per heavy atom. The van der Waals surface area contributed by atoms with Crippen molar-refractivity contribution in [1.29, 1.82) is 0 Å².